The molecule has 0 atom stereocenters. The summed E-state index contributed by atoms with van der Waals surface area (Å²) in [5, 5.41) is 5.27. The van der Waals surface area contributed by atoms with E-state index in [1.807, 2.05) is 0 Å². The lowest BCUT2D eigenvalue weighted by Crippen LogP contribution is -2.46. The Morgan fingerprint density at radius 2 is 1.12 bits per heavy atom. The largest absolute Gasteiger partial charge is 0.242 e. The van der Waals surface area contributed by atoms with Gasteiger partial charge in [0.15, 0.2) is 0 Å². The predicted octanol–water partition coefficient (Wildman–Crippen LogP) is 4.95. The molecule has 0 aromatic heterocycles. The van der Waals surface area contributed by atoms with E-state index in [0.717, 1.165) is 0 Å². The molecule has 0 amide bonds. The zero-order chi connectivity index (χ0) is 17.2. The number of hydrazine groups is 1. The summed E-state index contributed by atoms with van der Waals surface area (Å²) in [6, 6.07) is 21.8. The normalized spacial score (nSPS) is 15.6. The van der Waals surface area contributed by atoms with Gasteiger partial charge in [-0.15, -0.1) is 0 Å². The van der Waals surface area contributed by atoms with E-state index in [0.29, 0.717) is 0 Å². The number of hydrogen-bond donors (Lipinski definition) is 0. The third-order valence-corrected chi connectivity index (χ3v) is 5.18. The summed E-state index contributed by atoms with van der Waals surface area (Å²) in [4.78, 5) is 0. The lowest BCUT2D eigenvalue weighted by molar-refractivity contribution is -0.0407. The first kappa shape index (κ1) is 18.2. The van der Waals surface area contributed by atoms with E-state index < -0.39 is 0 Å². The third kappa shape index (κ3) is 6.30. The van der Waals surface area contributed by atoms with Gasteiger partial charge in [0, 0.05) is 26.2 Å². The van der Waals surface area contributed by atoms with Crippen molar-refractivity contribution in [2.75, 3.05) is 26.2 Å². The highest BCUT2D eigenvalue weighted by Gasteiger charge is 2.17. The van der Waals surface area contributed by atoms with E-state index in [1.165, 1.54) is 82.3 Å². The average Bonchev–Trinajstić information content (AvgIpc) is 2.69. The van der Waals surface area contributed by atoms with Crippen LogP contribution in [0.2, 0.25) is 0 Å². The molecule has 25 heavy (non-hydrogen) atoms. The van der Waals surface area contributed by atoms with Crippen LogP contribution in [-0.4, -0.2) is 36.2 Å². The van der Waals surface area contributed by atoms with Crippen LogP contribution in [0.5, 0.6) is 0 Å². The Kier molecular flexibility index (Phi) is 7.54. The third-order valence-electron chi connectivity index (χ3n) is 5.18. The molecular formula is C23H32N2. The molecule has 0 unspecified atom stereocenters. The van der Waals surface area contributed by atoms with Crippen molar-refractivity contribution in [2.45, 2.75) is 44.9 Å². The first-order valence-electron chi connectivity index (χ1n) is 9.99. The average molecular weight is 337 g/mol. The Morgan fingerprint density at radius 1 is 0.640 bits per heavy atom. The molecule has 134 valence electrons. The van der Waals surface area contributed by atoms with Gasteiger partial charge in [-0.25, -0.2) is 10.0 Å². The molecule has 1 aliphatic rings. The van der Waals surface area contributed by atoms with Crippen molar-refractivity contribution in [3.05, 3.63) is 71.8 Å². The van der Waals surface area contributed by atoms with Gasteiger partial charge in [-0.05, 0) is 49.7 Å². The predicted molar refractivity (Wildman–Crippen MR) is 107 cm³/mol. The van der Waals surface area contributed by atoms with Crippen LogP contribution < -0.4 is 0 Å². The molecule has 0 bridgehead atoms. The van der Waals surface area contributed by atoms with Crippen LogP contribution in [0.3, 0.4) is 0 Å². The summed E-state index contributed by atoms with van der Waals surface area (Å²) in [5.74, 6) is 0. The lowest BCUT2D eigenvalue weighted by atomic mass is 10.1. The molecule has 1 aliphatic heterocycles. The number of benzene rings is 2. The van der Waals surface area contributed by atoms with Crippen molar-refractivity contribution >= 4 is 0 Å². The van der Waals surface area contributed by atoms with Crippen LogP contribution in [0.4, 0.5) is 0 Å². The number of rotatable bonds is 9. The van der Waals surface area contributed by atoms with Crippen LogP contribution in [0.25, 0.3) is 0 Å². The van der Waals surface area contributed by atoms with Crippen LogP contribution in [0.1, 0.15) is 43.2 Å². The summed E-state index contributed by atoms with van der Waals surface area (Å²) in [5.41, 5.74) is 2.93. The maximum atomic E-state index is 2.64. The second-order valence-electron chi connectivity index (χ2n) is 7.15. The number of piperidine rings is 1. The molecule has 1 saturated heterocycles. The van der Waals surface area contributed by atoms with E-state index in [1.54, 1.807) is 0 Å². The van der Waals surface area contributed by atoms with E-state index >= 15 is 0 Å². The van der Waals surface area contributed by atoms with Crippen LogP contribution in [0, 0.1) is 0 Å². The van der Waals surface area contributed by atoms with Crippen molar-refractivity contribution in [2.24, 2.45) is 0 Å². The summed E-state index contributed by atoms with van der Waals surface area (Å²) in [7, 11) is 0. The van der Waals surface area contributed by atoms with Crippen LogP contribution in [0.15, 0.2) is 60.7 Å². The topological polar surface area (TPSA) is 6.48 Å². The van der Waals surface area contributed by atoms with Gasteiger partial charge in [0.1, 0.15) is 0 Å². The molecule has 2 heteroatoms. The molecule has 0 radical (unpaired) electrons. The van der Waals surface area contributed by atoms with Crippen molar-refractivity contribution < 1.29 is 0 Å². The van der Waals surface area contributed by atoms with E-state index in [-0.39, 0.29) is 0 Å². The Bertz CT molecular complexity index is 530. The Hall–Kier alpha value is -1.64. The summed E-state index contributed by atoms with van der Waals surface area (Å²) < 4.78 is 0. The fourth-order valence-electron chi connectivity index (χ4n) is 3.78. The second-order valence-corrected chi connectivity index (χ2v) is 7.15. The van der Waals surface area contributed by atoms with Gasteiger partial charge in [0.2, 0.25) is 0 Å². The van der Waals surface area contributed by atoms with Crippen LogP contribution >= 0.6 is 0 Å². The standard InChI is InChI=1S/C23H32N2/c1-4-12-22(13-5-1)16-10-20-25(24-18-8-3-9-19-24)21-11-17-23-14-6-2-7-15-23/h1-2,4-7,12-15H,3,8-11,16-21H2. The molecule has 0 spiro atoms. The van der Waals surface area contributed by atoms with Crippen molar-refractivity contribution in [1.82, 2.24) is 10.0 Å². The Morgan fingerprint density at radius 3 is 1.60 bits per heavy atom. The number of nitrogens with zero attached hydrogens (tertiary/aromatic N) is 2. The van der Waals surface area contributed by atoms with Gasteiger partial charge < -0.3 is 0 Å². The monoisotopic (exact) mass is 336 g/mol. The lowest BCUT2D eigenvalue weighted by Gasteiger charge is -2.37. The SMILES string of the molecule is c1ccc(CCCN(CCCc2ccccc2)N2CCCCC2)cc1. The van der Waals surface area contributed by atoms with Crippen molar-refractivity contribution in [3.63, 3.8) is 0 Å². The van der Waals surface area contributed by atoms with Gasteiger partial charge in [-0.3, -0.25) is 0 Å². The zero-order valence-corrected chi connectivity index (χ0v) is 15.4. The smallest absolute Gasteiger partial charge is 0.0136 e. The van der Waals surface area contributed by atoms with Gasteiger partial charge in [-0.2, -0.15) is 0 Å². The Balaban J connectivity index is 1.47. The number of aryl methyl sites for hydroxylation is 2. The van der Waals surface area contributed by atoms with Gasteiger partial charge in [0.25, 0.3) is 0 Å². The van der Waals surface area contributed by atoms with Crippen LogP contribution in [-0.2, 0) is 12.8 Å². The molecule has 2 aromatic carbocycles. The minimum Gasteiger partial charge on any atom is -0.242 e. The molecule has 3 rings (SSSR count). The van der Waals surface area contributed by atoms with Gasteiger partial charge >= 0.3 is 0 Å². The molecule has 1 heterocycles. The minimum absolute atomic E-state index is 1.18. The first-order valence-corrected chi connectivity index (χ1v) is 9.99. The summed E-state index contributed by atoms with van der Waals surface area (Å²) >= 11 is 0. The molecule has 0 saturated carbocycles. The molecule has 2 nitrogen and oxygen atoms in total. The summed E-state index contributed by atoms with van der Waals surface area (Å²) in [6.45, 7) is 4.86. The maximum absolute atomic E-state index is 2.64. The first-order chi connectivity index (χ1) is 12.4. The Labute approximate surface area is 153 Å². The van der Waals surface area contributed by atoms with E-state index in [4.69, 9.17) is 0 Å². The highest BCUT2D eigenvalue weighted by molar-refractivity contribution is 5.15. The highest BCUT2D eigenvalue weighted by atomic mass is 15.6. The van der Waals surface area contributed by atoms with E-state index in [2.05, 4.69) is 70.7 Å². The quantitative estimate of drug-likeness (QED) is 0.639. The molecule has 1 fully saturated rings. The highest BCUT2D eigenvalue weighted by Crippen LogP contribution is 2.14. The second kappa shape index (κ2) is 10.4. The van der Waals surface area contributed by atoms with Crippen molar-refractivity contribution in [1.29, 1.82) is 0 Å². The van der Waals surface area contributed by atoms with Gasteiger partial charge in [-0.1, -0.05) is 67.1 Å². The molecular weight excluding hydrogens is 304 g/mol. The molecule has 0 aliphatic carbocycles. The molecule has 2 aromatic rings. The molecule has 0 N–H and O–H groups in total. The fraction of sp³-hybridized carbons (Fsp3) is 0.478. The summed E-state index contributed by atoms with van der Waals surface area (Å²) in [6.07, 6.45) is 8.96. The van der Waals surface area contributed by atoms with Gasteiger partial charge in [0.05, 0.1) is 0 Å². The number of hydrogen-bond acceptors (Lipinski definition) is 2. The van der Waals surface area contributed by atoms with E-state index in [9.17, 15) is 0 Å². The fourth-order valence-corrected chi connectivity index (χ4v) is 3.78. The zero-order valence-electron chi connectivity index (χ0n) is 15.4. The van der Waals surface area contributed by atoms with Crippen molar-refractivity contribution in [3.8, 4) is 0 Å². The minimum atomic E-state index is 1.18. The maximum Gasteiger partial charge on any atom is 0.0136 e.